The Morgan fingerprint density at radius 3 is 2.68 bits per heavy atom. The second-order valence-corrected chi connectivity index (χ2v) is 5.99. The number of rotatable bonds is 1. The van der Waals surface area contributed by atoms with Crippen LogP contribution in [0.25, 0.3) is 0 Å². The largest absolute Gasteiger partial charge is 0.444 e. The maximum Gasteiger partial charge on any atom is 0.410 e. The van der Waals surface area contributed by atoms with Crippen molar-refractivity contribution in [1.82, 2.24) is 14.5 Å². The number of ether oxygens (including phenoxy) is 1. The van der Waals surface area contributed by atoms with E-state index in [9.17, 15) is 9.90 Å². The first-order valence-electron chi connectivity index (χ1n) is 6.40. The van der Waals surface area contributed by atoms with Crippen LogP contribution in [-0.2, 0) is 11.8 Å². The highest BCUT2D eigenvalue weighted by molar-refractivity contribution is 5.68. The summed E-state index contributed by atoms with van der Waals surface area (Å²) in [5, 5.41) is 10.1. The predicted octanol–water partition coefficient (Wildman–Crippen LogP) is 1.12. The fourth-order valence-corrected chi connectivity index (χ4v) is 2.28. The molecule has 6 heteroatoms. The first-order valence-corrected chi connectivity index (χ1v) is 6.40. The number of hydrogen-bond acceptors (Lipinski definition) is 4. The lowest BCUT2D eigenvalue weighted by Gasteiger charge is -2.24. The number of aromatic nitrogens is 2. The summed E-state index contributed by atoms with van der Waals surface area (Å²) in [5.41, 5.74) is 0.408. The van der Waals surface area contributed by atoms with Crippen LogP contribution in [0.1, 0.15) is 32.4 Å². The van der Waals surface area contributed by atoms with Gasteiger partial charge in [-0.1, -0.05) is 0 Å². The van der Waals surface area contributed by atoms with Crippen LogP contribution in [-0.4, -0.2) is 50.4 Å². The van der Waals surface area contributed by atoms with Crippen molar-refractivity contribution in [1.29, 1.82) is 0 Å². The van der Waals surface area contributed by atoms with E-state index in [1.54, 1.807) is 17.4 Å². The molecule has 1 N–H and O–H groups in total. The number of carbonyl (C=O) groups is 1. The van der Waals surface area contributed by atoms with Gasteiger partial charge >= 0.3 is 6.09 Å². The van der Waals surface area contributed by atoms with Crippen LogP contribution in [0.15, 0.2) is 12.5 Å². The van der Waals surface area contributed by atoms with Gasteiger partial charge in [0, 0.05) is 31.4 Å². The number of aliphatic hydroxyl groups is 1. The van der Waals surface area contributed by atoms with E-state index in [2.05, 4.69) is 4.98 Å². The van der Waals surface area contributed by atoms with Crippen molar-refractivity contribution in [2.24, 2.45) is 7.05 Å². The fourth-order valence-electron chi connectivity index (χ4n) is 2.28. The molecule has 19 heavy (non-hydrogen) atoms. The number of aryl methyl sites for hydroxylation is 1. The van der Waals surface area contributed by atoms with E-state index in [-0.39, 0.29) is 12.0 Å². The number of imidazole rings is 1. The maximum absolute atomic E-state index is 12.0. The summed E-state index contributed by atoms with van der Waals surface area (Å²) in [6.07, 6.45) is 2.46. The van der Waals surface area contributed by atoms with Crippen molar-refractivity contribution in [3.63, 3.8) is 0 Å². The van der Waals surface area contributed by atoms with Crippen LogP contribution in [0, 0.1) is 0 Å². The molecule has 1 aromatic rings. The quantitative estimate of drug-likeness (QED) is 0.828. The second-order valence-electron chi connectivity index (χ2n) is 5.99. The lowest BCUT2D eigenvalue weighted by atomic mass is 10.0. The molecule has 0 bridgehead atoms. The normalized spacial score (nSPS) is 23.7. The molecule has 2 heterocycles. The third kappa shape index (κ3) is 3.07. The zero-order chi connectivity index (χ0) is 14.2. The van der Waals surface area contributed by atoms with Crippen LogP contribution in [0.5, 0.6) is 0 Å². The van der Waals surface area contributed by atoms with Gasteiger partial charge in [-0.2, -0.15) is 0 Å². The minimum Gasteiger partial charge on any atom is -0.444 e. The zero-order valence-electron chi connectivity index (χ0n) is 11.8. The number of β-amino-alcohol motifs (C(OH)–C–C–N with tert-alkyl or cyclic N) is 1. The number of hydrogen-bond donors (Lipinski definition) is 1. The predicted molar refractivity (Wildman–Crippen MR) is 69.8 cm³/mol. The molecular formula is C13H21N3O3. The van der Waals surface area contributed by atoms with Gasteiger partial charge in [-0.25, -0.2) is 9.78 Å². The first kappa shape index (κ1) is 13.9. The van der Waals surface area contributed by atoms with E-state index < -0.39 is 11.7 Å². The summed E-state index contributed by atoms with van der Waals surface area (Å²) < 4.78 is 7.19. The molecule has 0 radical (unpaired) electrons. The molecule has 1 amide bonds. The van der Waals surface area contributed by atoms with Crippen molar-refractivity contribution in [3.05, 3.63) is 18.2 Å². The summed E-state index contributed by atoms with van der Waals surface area (Å²) in [5.74, 6) is -0.111. The number of nitrogens with zero attached hydrogens (tertiary/aromatic N) is 3. The monoisotopic (exact) mass is 267 g/mol. The van der Waals surface area contributed by atoms with E-state index in [4.69, 9.17) is 4.74 Å². The van der Waals surface area contributed by atoms with Crippen molar-refractivity contribution in [2.75, 3.05) is 13.1 Å². The smallest absolute Gasteiger partial charge is 0.410 e. The molecule has 6 nitrogen and oxygen atoms in total. The van der Waals surface area contributed by atoms with E-state index in [0.29, 0.717) is 13.1 Å². The van der Waals surface area contributed by atoms with Crippen LogP contribution in [0.2, 0.25) is 0 Å². The van der Waals surface area contributed by atoms with Gasteiger partial charge in [-0.15, -0.1) is 0 Å². The van der Waals surface area contributed by atoms with Gasteiger partial charge in [0.1, 0.15) is 5.60 Å². The summed E-state index contributed by atoms with van der Waals surface area (Å²) in [4.78, 5) is 17.6. The highest BCUT2D eigenvalue weighted by atomic mass is 16.6. The SMILES string of the molecule is Cn1cncc1C1CN(C(=O)OC(C)(C)C)CC1O. The number of amides is 1. The number of likely N-dealkylation sites (tertiary alicyclic amines) is 1. The van der Waals surface area contributed by atoms with Gasteiger partial charge in [0.05, 0.1) is 19.0 Å². The van der Waals surface area contributed by atoms with Gasteiger partial charge in [-0.05, 0) is 20.8 Å². The minimum absolute atomic E-state index is 0.111. The number of carbonyl (C=O) groups excluding carboxylic acids is 1. The summed E-state index contributed by atoms with van der Waals surface area (Å²) in [6, 6.07) is 0. The molecule has 106 valence electrons. The zero-order valence-corrected chi connectivity index (χ0v) is 11.8. The lowest BCUT2D eigenvalue weighted by Crippen LogP contribution is -2.35. The molecule has 0 aromatic carbocycles. The van der Waals surface area contributed by atoms with Crippen LogP contribution >= 0.6 is 0 Å². The van der Waals surface area contributed by atoms with E-state index in [1.807, 2.05) is 32.4 Å². The van der Waals surface area contributed by atoms with Crippen LogP contribution in [0.4, 0.5) is 4.79 Å². The lowest BCUT2D eigenvalue weighted by molar-refractivity contribution is 0.0270. The molecule has 0 spiro atoms. The van der Waals surface area contributed by atoms with Crippen molar-refractivity contribution < 1.29 is 14.6 Å². The molecule has 1 aromatic heterocycles. The summed E-state index contributed by atoms with van der Waals surface area (Å²) in [6.45, 7) is 6.24. The van der Waals surface area contributed by atoms with Crippen molar-refractivity contribution in [2.45, 2.75) is 38.4 Å². The third-order valence-corrected chi connectivity index (χ3v) is 3.17. The highest BCUT2D eigenvalue weighted by Gasteiger charge is 2.38. The standard InChI is InChI=1S/C13H21N3O3/c1-13(2,3)19-12(18)16-6-9(11(17)7-16)10-5-14-8-15(10)4/h5,8-9,11,17H,6-7H2,1-4H3. The molecule has 2 atom stereocenters. The summed E-state index contributed by atoms with van der Waals surface area (Å²) >= 11 is 0. The van der Waals surface area contributed by atoms with Gasteiger partial charge < -0.3 is 19.3 Å². The van der Waals surface area contributed by atoms with Gasteiger partial charge in [0.25, 0.3) is 0 Å². The first-order chi connectivity index (χ1) is 8.78. The van der Waals surface area contributed by atoms with Gasteiger partial charge in [0.2, 0.25) is 0 Å². The van der Waals surface area contributed by atoms with Crippen LogP contribution < -0.4 is 0 Å². The Labute approximate surface area is 113 Å². The Bertz CT molecular complexity index is 464. The third-order valence-electron chi connectivity index (χ3n) is 3.17. The van der Waals surface area contributed by atoms with Gasteiger partial charge in [-0.3, -0.25) is 0 Å². The maximum atomic E-state index is 12.0. The highest BCUT2D eigenvalue weighted by Crippen LogP contribution is 2.28. The Morgan fingerprint density at radius 2 is 2.16 bits per heavy atom. The van der Waals surface area contributed by atoms with Crippen molar-refractivity contribution in [3.8, 4) is 0 Å². The van der Waals surface area contributed by atoms with E-state index in [0.717, 1.165) is 5.69 Å². The van der Waals surface area contributed by atoms with E-state index >= 15 is 0 Å². The van der Waals surface area contributed by atoms with Crippen molar-refractivity contribution >= 4 is 6.09 Å². The minimum atomic E-state index is -0.581. The van der Waals surface area contributed by atoms with Gasteiger partial charge in [0.15, 0.2) is 0 Å². The molecule has 2 unspecified atom stereocenters. The van der Waals surface area contributed by atoms with E-state index in [1.165, 1.54) is 0 Å². The fraction of sp³-hybridized carbons (Fsp3) is 0.692. The molecule has 1 aliphatic rings. The Morgan fingerprint density at radius 1 is 1.47 bits per heavy atom. The summed E-state index contributed by atoms with van der Waals surface area (Å²) in [7, 11) is 1.88. The topological polar surface area (TPSA) is 67.6 Å². The number of aliphatic hydroxyl groups excluding tert-OH is 1. The average Bonchev–Trinajstić information content (AvgIpc) is 2.82. The average molecular weight is 267 g/mol. The molecule has 1 fully saturated rings. The molecular weight excluding hydrogens is 246 g/mol. The molecule has 2 rings (SSSR count). The Kier molecular flexibility index (Phi) is 3.54. The molecule has 0 saturated carbocycles. The Balaban J connectivity index is 2.06. The molecule has 1 saturated heterocycles. The molecule has 0 aliphatic carbocycles. The Hall–Kier alpha value is -1.56. The second kappa shape index (κ2) is 4.85. The van der Waals surface area contributed by atoms with Crippen LogP contribution in [0.3, 0.4) is 0 Å². The molecule has 1 aliphatic heterocycles.